The average Bonchev–Trinajstić information content (AvgIpc) is 3.06. The van der Waals surface area contributed by atoms with Crippen LogP contribution in [0.4, 0.5) is 5.69 Å². The Kier molecular flexibility index (Phi) is 4.97. The molecule has 6 heteroatoms. The van der Waals surface area contributed by atoms with E-state index in [0.29, 0.717) is 5.71 Å². The molecule has 24 heavy (non-hydrogen) atoms. The van der Waals surface area contributed by atoms with Crippen LogP contribution in [-0.4, -0.2) is 24.8 Å². The van der Waals surface area contributed by atoms with E-state index in [1.54, 1.807) is 11.3 Å². The van der Waals surface area contributed by atoms with Crippen LogP contribution < -0.4 is 10.7 Å². The standard InChI is InChI=1S/C18H17BrN4S/c1-23(2)15-9-5-13(6-10-15)17(22-20)18-21-16(11-24-18)12-3-7-14(19)8-4-12/h3-11H,20H2,1-2H3/b22-17+. The maximum absolute atomic E-state index is 5.64. The van der Waals surface area contributed by atoms with E-state index in [9.17, 15) is 0 Å². The van der Waals surface area contributed by atoms with Gasteiger partial charge in [-0.15, -0.1) is 11.3 Å². The molecule has 2 aromatic carbocycles. The number of nitrogens with zero attached hydrogens (tertiary/aromatic N) is 3. The van der Waals surface area contributed by atoms with E-state index in [2.05, 4.69) is 25.9 Å². The van der Waals surface area contributed by atoms with Crippen LogP contribution in [0, 0.1) is 0 Å². The Bertz CT molecular complexity index is 851. The zero-order chi connectivity index (χ0) is 17.1. The predicted molar refractivity (Wildman–Crippen MR) is 106 cm³/mol. The number of thiazole rings is 1. The van der Waals surface area contributed by atoms with Crippen LogP contribution in [-0.2, 0) is 0 Å². The van der Waals surface area contributed by atoms with Gasteiger partial charge >= 0.3 is 0 Å². The molecule has 1 aromatic heterocycles. The zero-order valence-corrected chi connectivity index (χ0v) is 15.8. The van der Waals surface area contributed by atoms with Gasteiger partial charge in [-0.1, -0.05) is 40.2 Å². The molecule has 0 fully saturated rings. The summed E-state index contributed by atoms with van der Waals surface area (Å²) in [6.45, 7) is 0. The summed E-state index contributed by atoms with van der Waals surface area (Å²) >= 11 is 4.99. The summed E-state index contributed by atoms with van der Waals surface area (Å²) in [5.41, 5.74) is 4.78. The topological polar surface area (TPSA) is 54.5 Å². The fourth-order valence-corrected chi connectivity index (χ4v) is 3.42. The van der Waals surface area contributed by atoms with Crippen LogP contribution in [0.25, 0.3) is 11.3 Å². The Labute approximate surface area is 153 Å². The van der Waals surface area contributed by atoms with Crippen LogP contribution in [0.1, 0.15) is 10.6 Å². The van der Waals surface area contributed by atoms with E-state index in [-0.39, 0.29) is 0 Å². The molecule has 0 atom stereocenters. The van der Waals surface area contributed by atoms with Gasteiger partial charge in [0.1, 0.15) is 10.7 Å². The molecule has 3 rings (SSSR count). The third-order valence-corrected chi connectivity index (χ3v) is 5.01. The van der Waals surface area contributed by atoms with Crippen LogP contribution in [0.15, 0.2) is 63.5 Å². The van der Waals surface area contributed by atoms with Gasteiger partial charge in [-0.2, -0.15) is 5.10 Å². The van der Waals surface area contributed by atoms with Crippen LogP contribution >= 0.6 is 27.3 Å². The van der Waals surface area contributed by atoms with E-state index < -0.39 is 0 Å². The van der Waals surface area contributed by atoms with Crippen molar-refractivity contribution in [3.63, 3.8) is 0 Å². The van der Waals surface area contributed by atoms with Crippen molar-refractivity contribution in [3.8, 4) is 11.3 Å². The van der Waals surface area contributed by atoms with Crippen LogP contribution in [0.5, 0.6) is 0 Å². The number of halogens is 1. The van der Waals surface area contributed by atoms with Crippen molar-refractivity contribution in [2.45, 2.75) is 0 Å². The highest BCUT2D eigenvalue weighted by atomic mass is 79.9. The molecular formula is C18H17BrN4S. The summed E-state index contributed by atoms with van der Waals surface area (Å²) in [6.07, 6.45) is 0. The zero-order valence-electron chi connectivity index (χ0n) is 13.4. The first-order valence-electron chi connectivity index (χ1n) is 7.36. The first-order valence-corrected chi connectivity index (χ1v) is 9.03. The van der Waals surface area contributed by atoms with Crippen molar-refractivity contribution in [2.24, 2.45) is 10.9 Å². The van der Waals surface area contributed by atoms with E-state index >= 15 is 0 Å². The summed E-state index contributed by atoms with van der Waals surface area (Å²) in [7, 11) is 4.02. The smallest absolute Gasteiger partial charge is 0.144 e. The molecule has 0 spiro atoms. The Balaban J connectivity index is 1.91. The molecule has 0 unspecified atom stereocenters. The van der Waals surface area contributed by atoms with Gasteiger partial charge in [-0.25, -0.2) is 4.98 Å². The monoisotopic (exact) mass is 400 g/mol. The number of nitrogens with two attached hydrogens (primary N) is 1. The normalized spacial score (nSPS) is 11.5. The van der Waals surface area contributed by atoms with Gasteiger partial charge < -0.3 is 10.7 Å². The second-order valence-electron chi connectivity index (χ2n) is 5.46. The second-order valence-corrected chi connectivity index (χ2v) is 7.24. The number of hydrazone groups is 1. The SMILES string of the molecule is CN(C)c1ccc(/C(=N\N)c2nc(-c3ccc(Br)cc3)cs2)cc1. The highest BCUT2D eigenvalue weighted by molar-refractivity contribution is 9.10. The molecule has 0 saturated carbocycles. The number of anilines is 1. The molecule has 0 amide bonds. The molecule has 0 aliphatic rings. The molecular weight excluding hydrogens is 384 g/mol. The van der Waals surface area contributed by atoms with Gasteiger partial charge in [0.2, 0.25) is 0 Å². The number of aromatic nitrogens is 1. The molecule has 0 aliphatic carbocycles. The third kappa shape index (κ3) is 3.49. The maximum Gasteiger partial charge on any atom is 0.144 e. The Morgan fingerprint density at radius 1 is 1.08 bits per heavy atom. The molecule has 122 valence electrons. The van der Waals surface area contributed by atoms with E-state index in [4.69, 9.17) is 10.8 Å². The van der Waals surface area contributed by atoms with Crippen molar-refractivity contribution in [2.75, 3.05) is 19.0 Å². The lowest BCUT2D eigenvalue weighted by atomic mass is 10.1. The van der Waals surface area contributed by atoms with Gasteiger partial charge in [0, 0.05) is 40.8 Å². The average molecular weight is 401 g/mol. The molecule has 0 aliphatic heterocycles. The summed E-state index contributed by atoms with van der Waals surface area (Å²) < 4.78 is 1.05. The van der Waals surface area contributed by atoms with Crippen LogP contribution in [0.2, 0.25) is 0 Å². The number of hydrogen-bond acceptors (Lipinski definition) is 5. The Hall–Kier alpha value is -2.18. The quantitative estimate of drug-likeness (QED) is 0.402. The van der Waals surface area contributed by atoms with E-state index in [0.717, 1.165) is 32.0 Å². The largest absolute Gasteiger partial charge is 0.378 e. The van der Waals surface area contributed by atoms with Gasteiger partial charge in [0.15, 0.2) is 0 Å². The lowest BCUT2D eigenvalue weighted by Crippen LogP contribution is -2.10. The van der Waals surface area contributed by atoms with Crippen molar-refractivity contribution in [1.82, 2.24) is 4.98 Å². The summed E-state index contributed by atoms with van der Waals surface area (Å²) in [6, 6.07) is 16.2. The van der Waals surface area contributed by atoms with Gasteiger partial charge in [0.05, 0.1) is 5.69 Å². The maximum atomic E-state index is 5.64. The van der Waals surface area contributed by atoms with Gasteiger partial charge in [0.25, 0.3) is 0 Å². The lowest BCUT2D eigenvalue weighted by molar-refractivity contribution is 1.13. The fraction of sp³-hybridized carbons (Fsp3) is 0.111. The summed E-state index contributed by atoms with van der Waals surface area (Å²) in [4.78, 5) is 6.75. The number of benzene rings is 2. The minimum Gasteiger partial charge on any atom is -0.378 e. The third-order valence-electron chi connectivity index (χ3n) is 3.63. The molecule has 3 aromatic rings. The second kappa shape index (κ2) is 7.15. The Morgan fingerprint density at radius 3 is 2.33 bits per heavy atom. The fourth-order valence-electron chi connectivity index (χ4n) is 2.31. The van der Waals surface area contributed by atoms with Crippen LogP contribution in [0.3, 0.4) is 0 Å². The Morgan fingerprint density at radius 2 is 1.75 bits per heavy atom. The van der Waals surface area contributed by atoms with Crippen molar-refractivity contribution < 1.29 is 0 Å². The minimum atomic E-state index is 0.702. The predicted octanol–water partition coefficient (Wildman–Crippen LogP) is 4.35. The first kappa shape index (κ1) is 16.7. The molecule has 0 bridgehead atoms. The molecule has 1 heterocycles. The van der Waals surface area contributed by atoms with E-state index in [1.165, 1.54) is 0 Å². The van der Waals surface area contributed by atoms with Crippen molar-refractivity contribution in [1.29, 1.82) is 0 Å². The number of rotatable bonds is 4. The van der Waals surface area contributed by atoms with E-state index in [1.807, 2.05) is 68.0 Å². The summed E-state index contributed by atoms with van der Waals surface area (Å²) in [5, 5.41) is 6.81. The van der Waals surface area contributed by atoms with Crippen molar-refractivity contribution >= 4 is 38.7 Å². The summed E-state index contributed by atoms with van der Waals surface area (Å²) in [5.74, 6) is 5.64. The molecule has 4 nitrogen and oxygen atoms in total. The van der Waals surface area contributed by atoms with Gasteiger partial charge in [-0.3, -0.25) is 0 Å². The first-order chi connectivity index (χ1) is 11.6. The highest BCUT2D eigenvalue weighted by Crippen LogP contribution is 2.25. The van der Waals surface area contributed by atoms with Gasteiger partial charge in [-0.05, 0) is 24.3 Å². The molecule has 0 saturated heterocycles. The molecule has 2 N–H and O–H groups in total. The minimum absolute atomic E-state index is 0.702. The lowest BCUT2D eigenvalue weighted by Gasteiger charge is -2.12. The highest BCUT2D eigenvalue weighted by Gasteiger charge is 2.13. The van der Waals surface area contributed by atoms with Crippen molar-refractivity contribution in [3.05, 3.63) is 69.0 Å². The number of hydrogen-bond donors (Lipinski definition) is 1. The molecule has 0 radical (unpaired) electrons.